The summed E-state index contributed by atoms with van der Waals surface area (Å²) in [5.41, 5.74) is 2.38. The third-order valence-corrected chi connectivity index (χ3v) is 3.91. The first-order valence-electron chi connectivity index (χ1n) is 8.97. The second-order valence-electron chi connectivity index (χ2n) is 5.94. The minimum atomic E-state index is -0.264. The van der Waals surface area contributed by atoms with Crippen LogP contribution in [0.1, 0.15) is 51.2 Å². The van der Waals surface area contributed by atoms with Crippen LogP contribution in [-0.4, -0.2) is 32.9 Å². The van der Waals surface area contributed by atoms with E-state index in [1.54, 1.807) is 0 Å². The van der Waals surface area contributed by atoms with Crippen molar-refractivity contribution in [3.63, 3.8) is 0 Å². The van der Waals surface area contributed by atoms with Crippen molar-refractivity contribution < 1.29 is 23.7 Å². The lowest BCUT2D eigenvalue weighted by molar-refractivity contribution is -0.146. The van der Waals surface area contributed by atoms with Gasteiger partial charge in [0.15, 0.2) is 17.8 Å². The molecule has 2 rings (SSSR count). The summed E-state index contributed by atoms with van der Waals surface area (Å²) >= 11 is 0. The molecule has 1 aromatic rings. The number of ether oxygens (including phenoxy) is 5. The van der Waals surface area contributed by atoms with E-state index >= 15 is 0 Å². The molecular weight excluding hydrogens is 308 g/mol. The van der Waals surface area contributed by atoms with Gasteiger partial charge in [-0.15, -0.1) is 0 Å². The standard InChI is InChI=1S/C19H30O5/c1-4-6-8-20-9-10-21-15(3)22-13-17-12-19-18(23-14-24-19)11-16(17)7-5-2/h11-12,15H,4-10,13-14H2,1-3H3. The molecular formula is C19H30O5. The van der Waals surface area contributed by atoms with E-state index in [0.29, 0.717) is 26.6 Å². The lowest BCUT2D eigenvalue weighted by Crippen LogP contribution is -2.17. The van der Waals surface area contributed by atoms with Crippen molar-refractivity contribution in [2.75, 3.05) is 26.6 Å². The van der Waals surface area contributed by atoms with Gasteiger partial charge in [-0.3, -0.25) is 0 Å². The maximum absolute atomic E-state index is 5.83. The number of aryl methyl sites for hydroxylation is 1. The first-order valence-corrected chi connectivity index (χ1v) is 8.97. The van der Waals surface area contributed by atoms with Gasteiger partial charge in [0.1, 0.15) is 0 Å². The number of unbranched alkanes of at least 4 members (excludes halogenated alkanes) is 1. The van der Waals surface area contributed by atoms with E-state index in [-0.39, 0.29) is 6.29 Å². The average molecular weight is 338 g/mol. The van der Waals surface area contributed by atoms with Crippen LogP contribution in [0.3, 0.4) is 0 Å². The lowest BCUT2D eigenvalue weighted by atomic mass is 10.0. The van der Waals surface area contributed by atoms with Gasteiger partial charge in [-0.1, -0.05) is 26.7 Å². The van der Waals surface area contributed by atoms with Gasteiger partial charge in [0.05, 0.1) is 19.8 Å². The maximum atomic E-state index is 5.83. The molecule has 0 fully saturated rings. The second kappa shape index (κ2) is 10.5. The first kappa shape index (κ1) is 19.0. The van der Waals surface area contributed by atoms with Crippen LogP contribution in [0.15, 0.2) is 12.1 Å². The van der Waals surface area contributed by atoms with E-state index in [2.05, 4.69) is 19.9 Å². The van der Waals surface area contributed by atoms with Crippen LogP contribution in [0, 0.1) is 0 Å². The minimum Gasteiger partial charge on any atom is -0.454 e. The number of rotatable bonds is 12. The number of fused-ring (bicyclic) bond motifs is 1. The van der Waals surface area contributed by atoms with Crippen LogP contribution in [-0.2, 0) is 27.2 Å². The minimum absolute atomic E-state index is 0.264. The Morgan fingerprint density at radius 1 is 0.958 bits per heavy atom. The Hall–Kier alpha value is -1.30. The van der Waals surface area contributed by atoms with Gasteiger partial charge in [-0.25, -0.2) is 0 Å². The van der Waals surface area contributed by atoms with Gasteiger partial charge in [-0.2, -0.15) is 0 Å². The predicted octanol–water partition coefficient (Wildman–Crippen LogP) is 4.06. The van der Waals surface area contributed by atoms with E-state index in [1.165, 1.54) is 5.56 Å². The van der Waals surface area contributed by atoms with Gasteiger partial charge in [0.25, 0.3) is 0 Å². The molecule has 24 heavy (non-hydrogen) atoms. The quantitative estimate of drug-likeness (QED) is 0.425. The molecule has 5 heteroatoms. The molecule has 1 unspecified atom stereocenters. The summed E-state index contributed by atoms with van der Waals surface area (Å²) in [6.07, 6.45) is 4.05. The molecule has 0 spiro atoms. The molecule has 1 atom stereocenters. The molecule has 0 saturated heterocycles. The third kappa shape index (κ3) is 5.96. The van der Waals surface area contributed by atoms with Crippen molar-refractivity contribution in [1.29, 1.82) is 0 Å². The van der Waals surface area contributed by atoms with E-state index in [4.69, 9.17) is 23.7 Å². The van der Waals surface area contributed by atoms with Gasteiger partial charge in [0.2, 0.25) is 6.79 Å². The van der Waals surface area contributed by atoms with Gasteiger partial charge in [-0.05, 0) is 43.0 Å². The molecule has 0 amide bonds. The fourth-order valence-corrected chi connectivity index (χ4v) is 2.54. The van der Waals surface area contributed by atoms with E-state index < -0.39 is 0 Å². The molecule has 0 aromatic heterocycles. The monoisotopic (exact) mass is 338 g/mol. The largest absolute Gasteiger partial charge is 0.454 e. The Bertz CT molecular complexity index is 489. The summed E-state index contributed by atoms with van der Waals surface area (Å²) in [5, 5.41) is 0. The van der Waals surface area contributed by atoms with Crippen molar-refractivity contribution >= 4 is 0 Å². The van der Waals surface area contributed by atoms with Crippen LogP contribution >= 0.6 is 0 Å². The summed E-state index contributed by atoms with van der Waals surface area (Å²) in [6, 6.07) is 4.09. The number of benzene rings is 1. The molecule has 1 aliphatic rings. The summed E-state index contributed by atoms with van der Waals surface area (Å²) in [7, 11) is 0. The van der Waals surface area contributed by atoms with Gasteiger partial charge < -0.3 is 23.7 Å². The highest BCUT2D eigenvalue weighted by atomic mass is 16.7. The third-order valence-electron chi connectivity index (χ3n) is 3.91. The fraction of sp³-hybridized carbons (Fsp3) is 0.684. The highest BCUT2D eigenvalue weighted by Gasteiger charge is 2.17. The normalized spacial score (nSPS) is 14.1. The van der Waals surface area contributed by atoms with Gasteiger partial charge >= 0.3 is 0 Å². The molecule has 0 bridgehead atoms. The molecule has 1 heterocycles. The fourth-order valence-electron chi connectivity index (χ4n) is 2.54. The summed E-state index contributed by atoms with van der Waals surface area (Å²) < 4.78 is 27.9. The van der Waals surface area contributed by atoms with Crippen LogP contribution in [0.2, 0.25) is 0 Å². The van der Waals surface area contributed by atoms with Crippen molar-refractivity contribution in [3.05, 3.63) is 23.3 Å². The Kier molecular flexibility index (Phi) is 8.36. The number of hydrogen-bond donors (Lipinski definition) is 0. The smallest absolute Gasteiger partial charge is 0.231 e. The van der Waals surface area contributed by atoms with Crippen LogP contribution in [0.25, 0.3) is 0 Å². The molecule has 5 nitrogen and oxygen atoms in total. The maximum Gasteiger partial charge on any atom is 0.231 e. The Morgan fingerprint density at radius 2 is 1.71 bits per heavy atom. The van der Waals surface area contributed by atoms with Crippen molar-refractivity contribution in [2.24, 2.45) is 0 Å². The second-order valence-corrected chi connectivity index (χ2v) is 5.94. The molecule has 0 N–H and O–H groups in total. The zero-order valence-corrected chi connectivity index (χ0v) is 15.1. The van der Waals surface area contributed by atoms with Crippen LogP contribution < -0.4 is 9.47 Å². The average Bonchev–Trinajstić information content (AvgIpc) is 3.03. The Labute approximate surface area is 145 Å². The summed E-state index contributed by atoms with van der Waals surface area (Å²) in [5.74, 6) is 1.63. The van der Waals surface area contributed by atoms with E-state index in [0.717, 1.165) is 49.4 Å². The Morgan fingerprint density at radius 3 is 2.42 bits per heavy atom. The molecule has 0 radical (unpaired) electrons. The highest BCUT2D eigenvalue weighted by molar-refractivity contribution is 5.48. The molecule has 1 aliphatic heterocycles. The van der Waals surface area contributed by atoms with Crippen molar-refractivity contribution in [3.8, 4) is 11.5 Å². The highest BCUT2D eigenvalue weighted by Crippen LogP contribution is 2.35. The Balaban J connectivity index is 1.76. The number of hydrogen-bond acceptors (Lipinski definition) is 5. The SMILES string of the molecule is CCCCOCCOC(C)OCc1cc2c(cc1CCC)OCO2. The molecule has 1 aromatic carbocycles. The summed E-state index contributed by atoms with van der Waals surface area (Å²) in [6.45, 7) is 8.99. The first-order chi connectivity index (χ1) is 11.7. The zero-order valence-electron chi connectivity index (χ0n) is 15.1. The lowest BCUT2D eigenvalue weighted by Gasteiger charge is -2.16. The zero-order chi connectivity index (χ0) is 17.2. The van der Waals surface area contributed by atoms with E-state index in [1.807, 2.05) is 13.0 Å². The molecule has 0 saturated carbocycles. The topological polar surface area (TPSA) is 46.2 Å². The van der Waals surface area contributed by atoms with Gasteiger partial charge in [0, 0.05) is 6.61 Å². The van der Waals surface area contributed by atoms with Crippen LogP contribution in [0.5, 0.6) is 11.5 Å². The predicted molar refractivity (Wildman–Crippen MR) is 92.5 cm³/mol. The van der Waals surface area contributed by atoms with Crippen molar-refractivity contribution in [1.82, 2.24) is 0 Å². The molecule has 136 valence electrons. The summed E-state index contributed by atoms with van der Waals surface area (Å²) in [4.78, 5) is 0. The van der Waals surface area contributed by atoms with Crippen LogP contribution in [0.4, 0.5) is 0 Å². The van der Waals surface area contributed by atoms with E-state index in [9.17, 15) is 0 Å². The van der Waals surface area contributed by atoms with Crippen molar-refractivity contribution in [2.45, 2.75) is 59.4 Å². The molecule has 0 aliphatic carbocycles.